The van der Waals surface area contributed by atoms with Crippen LogP contribution in [-0.2, 0) is 21.2 Å². The molecule has 0 unspecified atom stereocenters. The van der Waals surface area contributed by atoms with Crippen molar-refractivity contribution in [3.63, 3.8) is 0 Å². The van der Waals surface area contributed by atoms with Gasteiger partial charge in [-0.1, -0.05) is 6.07 Å². The maximum absolute atomic E-state index is 12.4. The molecule has 0 saturated heterocycles. The third-order valence-electron chi connectivity index (χ3n) is 4.41. The Kier molecular flexibility index (Phi) is 4.85. The molecule has 3 N–H and O–H groups in total. The second-order valence-corrected chi connectivity index (χ2v) is 7.87. The molecule has 10 heteroatoms. The lowest BCUT2D eigenvalue weighted by atomic mass is 10.1. The molecule has 0 fully saturated rings. The highest BCUT2D eigenvalue weighted by molar-refractivity contribution is 7.89. The monoisotopic (exact) mass is 390 g/mol. The van der Waals surface area contributed by atoms with Gasteiger partial charge in [0, 0.05) is 24.4 Å². The standard InChI is InChI=1S/C17H18N4O5S/c1-11-2-3-13(21(23)24)9-15(11)19-17(22)10-20-7-6-12-8-14(27(18,25)26)4-5-16(12)20/h2-5,8-9H,6-7,10H2,1H3,(H,19,22)(H2,18,25,26). The smallest absolute Gasteiger partial charge is 0.271 e. The number of benzene rings is 2. The number of non-ortho nitro benzene ring substituents is 1. The van der Waals surface area contributed by atoms with Crippen molar-refractivity contribution in [2.75, 3.05) is 23.3 Å². The van der Waals surface area contributed by atoms with E-state index in [0.717, 1.165) is 11.3 Å². The lowest BCUT2D eigenvalue weighted by Gasteiger charge is -2.19. The molecule has 1 amide bonds. The van der Waals surface area contributed by atoms with Crippen LogP contribution in [-0.4, -0.2) is 32.3 Å². The molecule has 142 valence electrons. The molecule has 0 spiro atoms. The molecular weight excluding hydrogens is 372 g/mol. The third kappa shape index (κ3) is 4.07. The van der Waals surface area contributed by atoms with Gasteiger partial charge < -0.3 is 10.2 Å². The van der Waals surface area contributed by atoms with Crippen LogP contribution in [0.4, 0.5) is 17.1 Å². The molecule has 27 heavy (non-hydrogen) atoms. The summed E-state index contributed by atoms with van der Waals surface area (Å²) >= 11 is 0. The number of carbonyl (C=O) groups is 1. The van der Waals surface area contributed by atoms with E-state index in [1.165, 1.54) is 24.3 Å². The Balaban J connectivity index is 1.74. The Morgan fingerprint density at radius 1 is 1.30 bits per heavy atom. The number of carbonyl (C=O) groups excluding carboxylic acids is 1. The Morgan fingerprint density at radius 2 is 2.04 bits per heavy atom. The van der Waals surface area contributed by atoms with E-state index in [2.05, 4.69) is 5.32 Å². The van der Waals surface area contributed by atoms with Crippen LogP contribution < -0.4 is 15.4 Å². The van der Waals surface area contributed by atoms with Crippen LogP contribution in [0.15, 0.2) is 41.3 Å². The van der Waals surface area contributed by atoms with Crippen LogP contribution in [0.5, 0.6) is 0 Å². The second-order valence-electron chi connectivity index (χ2n) is 6.31. The SMILES string of the molecule is Cc1ccc([N+](=O)[O-])cc1NC(=O)CN1CCc2cc(S(N)(=O)=O)ccc21. The number of nitrogens with zero attached hydrogens (tertiary/aromatic N) is 2. The summed E-state index contributed by atoms with van der Waals surface area (Å²) in [5.74, 6) is -0.318. The Bertz CT molecular complexity index is 1040. The average molecular weight is 390 g/mol. The third-order valence-corrected chi connectivity index (χ3v) is 5.32. The molecule has 0 aliphatic carbocycles. The number of hydrogen-bond donors (Lipinski definition) is 2. The van der Waals surface area contributed by atoms with Gasteiger partial charge in [0.05, 0.1) is 22.1 Å². The van der Waals surface area contributed by atoms with Crippen molar-refractivity contribution in [1.29, 1.82) is 0 Å². The molecule has 0 saturated carbocycles. The molecule has 0 radical (unpaired) electrons. The van der Waals surface area contributed by atoms with Crippen molar-refractivity contribution in [2.45, 2.75) is 18.2 Å². The molecule has 2 aromatic rings. The number of anilines is 2. The largest absolute Gasteiger partial charge is 0.362 e. The zero-order chi connectivity index (χ0) is 19.8. The zero-order valence-electron chi connectivity index (χ0n) is 14.5. The predicted octanol–water partition coefficient (Wildman–Crippen LogP) is 1.55. The van der Waals surface area contributed by atoms with Gasteiger partial charge in [0.1, 0.15) is 0 Å². The fraction of sp³-hybridized carbons (Fsp3) is 0.235. The van der Waals surface area contributed by atoms with E-state index in [1.54, 1.807) is 19.1 Å². The topological polar surface area (TPSA) is 136 Å². The van der Waals surface area contributed by atoms with E-state index < -0.39 is 14.9 Å². The summed E-state index contributed by atoms with van der Waals surface area (Å²) in [4.78, 5) is 24.6. The number of primary sulfonamides is 1. The first-order chi connectivity index (χ1) is 12.6. The minimum atomic E-state index is -3.77. The van der Waals surface area contributed by atoms with Gasteiger partial charge in [-0.3, -0.25) is 14.9 Å². The van der Waals surface area contributed by atoms with Crippen LogP contribution >= 0.6 is 0 Å². The van der Waals surface area contributed by atoms with Gasteiger partial charge in [0.15, 0.2) is 0 Å². The minimum absolute atomic E-state index is 0.0415. The van der Waals surface area contributed by atoms with Gasteiger partial charge >= 0.3 is 0 Å². The molecule has 1 aliphatic rings. The number of rotatable bonds is 5. The fourth-order valence-electron chi connectivity index (χ4n) is 3.01. The van der Waals surface area contributed by atoms with Crippen molar-refractivity contribution in [3.8, 4) is 0 Å². The Hall–Kier alpha value is -2.98. The summed E-state index contributed by atoms with van der Waals surface area (Å²) in [6, 6.07) is 8.85. The number of nitro benzene ring substituents is 1. The first kappa shape index (κ1) is 18.8. The minimum Gasteiger partial charge on any atom is -0.362 e. The van der Waals surface area contributed by atoms with E-state index in [-0.39, 0.29) is 23.0 Å². The van der Waals surface area contributed by atoms with Crippen molar-refractivity contribution in [3.05, 3.63) is 57.6 Å². The van der Waals surface area contributed by atoms with Gasteiger partial charge in [-0.2, -0.15) is 0 Å². The molecule has 0 bridgehead atoms. The highest BCUT2D eigenvalue weighted by Gasteiger charge is 2.23. The number of aryl methyl sites for hydroxylation is 1. The number of nitrogens with one attached hydrogen (secondary N) is 1. The summed E-state index contributed by atoms with van der Waals surface area (Å²) in [7, 11) is -3.77. The Labute approximate surface area is 156 Å². The van der Waals surface area contributed by atoms with Gasteiger partial charge in [-0.15, -0.1) is 0 Å². The maximum Gasteiger partial charge on any atom is 0.271 e. The summed E-state index contributed by atoms with van der Waals surface area (Å²) in [6.45, 7) is 2.36. The number of fused-ring (bicyclic) bond motifs is 1. The van der Waals surface area contributed by atoms with E-state index >= 15 is 0 Å². The van der Waals surface area contributed by atoms with Crippen LogP contribution in [0.2, 0.25) is 0 Å². The van der Waals surface area contributed by atoms with Gasteiger partial charge in [-0.05, 0) is 42.7 Å². The summed E-state index contributed by atoms with van der Waals surface area (Å²) in [6.07, 6.45) is 0.599. The van der Waals surface area contributed by atoms with E-state index in [9.17, 15) is 23.3 Å². The van der Waals surface area contributed by atoms with Crippen molar-refractivity contribution in [2.24, 2.45) is 5.14 Å². The maximum atomic E-state index is 12.4. The lowest BCUT2D eigenvalue weighted by Crippen LogP contribution is -2.32. The van der Waals surface area contributed by atoms with Crippen LogP contribution in [0.1, 0.15) is 11.1 Å². The van der Waals surface area contributed by atoms with E-state index in [1.807, 2.05) is 4.90 Å². The van der Waals surface area contributed by atoms with Gasteiger partial charge in [0.25, 0.3) is 5.69 Å². The number of amides is 1. The number of nitro groups is 1. The zero-order valence-corrected chi connectivity index (χ0v) is 15.3. The highest BCUT2D eigenvalue weighted by Crippen LogP contribution is 2.30. The molecule has 1 aliphatic heterocycles. The number of nitrogens with two attached hydrogens (primary N) is 1. The average Bonchev–Trinajstić information content (AvgIpc) is 2.98. The first-order valence-corrected chi connectivity index (χ1v) is 9.65. The molecule has 9 nitrogen and oxygen atoms in total. The lowest BCUT2D eigenvalue weighted by molar-refractivity contribution is -0.384. The Morgan fingerprint density at radius 3 is 2.70 bits per heavy atom. The van der Waals surface area contributed by atoms with Crippen molar-refractivity contribution < 1.29 is 18.1 Å². The van der Waals surface area contributed by atoms with E-state index in [4.69, 9.17) is 5.14 Å². The molecule has 0 atom stereocenters. The fourth-order valence-corrected chi connectivity index (χ4v) is 3.57. The van der Waals surface area contributed by atoms with Crippen LogP contribution in [0.25, 0.3) is 0 Å². The second kappa shape index (κ2) is 6.97. The first-order valence-electron chi connectivity index (χ1n) is 8.11. The molecule has 3 rings (SSSR count). The van der Waals surface area contributed by atoms with Gasteiger partial charge in [-0.25, -0.2) is 13.6 Å². The quantitative estimate of drug-likeness (QED) is 0.587. The predicted molar refractivity (Wildman–Crippen MR) is 100 cm³/mol. The number of sulfonamides is 1. The summed E-state index contributed by atoms with van der Waals surface area (Å²) < 4.78 is 22.9. The number of hydrogen-bond acceptors (Lipinski definition) is 6. The van der Waals surface area contributed by atoms with Crippen molar-refractivity contribution >= 4 is 33.0 Å². The van der Waals surface area contributed by atoms with Crippen LogP contribution in [0, 0.1) is 17.0 Å². The van der Waals surface area contributed by atoms with Gasteiger partial charge in [0.2, 0.25) is 15.9 Å². The molecule has 1 heterocycles. The van der Waals surface area contributed by atoms with Crippen molar-refractivity contribution in [1.82, 2.24) is 0 Å². The van der Waals surface area contributed by atoms with Crippen LogP contribution in [0.3, 0.4) is 0 Å². The molecular formula is C17H18N4O5S. The van der Waals surface area contributed by atoms with E-state index in [0.29, 0.717) is 24.2 Å². The molecule has 0 aromatic heterocycles. The highest BCUT2D eigenvalue weighted by atomic mass is 32.2. The molecule has 2 aromatic carbocycles. The normalized spacial score (nSPS) is 13.3. The summed E-state index contributed by atoms with van der Waals surface area (Å²) in [5.41, 5.74) is 2.58. The summed E-state index contributed by atoms with van der Waals surface area (Å²) in [5, 5.41) is 18.7.